The molecular weight excluding hydrogens is 805 g/mol. The van der Waals surface area contributed by atoms with Crippen molar-refractivity contribution in [3.8, 4) is 23.0 Å². The fourth-order valence-corrected chi connectivity index (χ4v) is 7.55. The van der Waals surface area contributed by atoms with Crippen LogP contribution in [-0.4, -0.2) is 54.9 Å². The Labute approximate surface area is 363 Å². The predicted octanol–water partition coefficient (Wildman–Crippen LogP) is 5.61. The number of para-hydroxylation sites is 2. The summed E-state index contributed by atoms with van der Waals surface area (Å²) in [5.41, 5.74) is 13.1. The lowest BCUT2D eigenvalue weighted by molar-refractivity contribution is -0.121. The van der Waals surface area contributed by atoms with Crippen molar-refractivity contribution in [1.82, 2.24) is 21.3 Å². The Morgan fingerprint density at radius 1 is 0.603 bits per heavy atom. The lowest BCUT2D eigenvalue weighted by Crippen LogP contribution is -2.44. The lowest BCUT2D eigenvalue weighted by Gasteiger charge is -2.37. The third-order valence-corrected chi connectivity index (χ3v) is 10.4. The van der Waals surface area contributed by atoms with E-state index >= 15 is 0 Å². The molecule has 0 aromatic heterocycles. The molecule has 5 aromatic carbocycles. The molecule has 8 N–H and O–H groups in total. The van der Waals surface area contributed by atoms with Crippen LogP contribution in [0.1, 0.15) is 51.0 Å². The molecule has 0 fully saturated rings. The number of nitrogens with one attached hydrogen (secondary N) is 4. The number of hydrogen-bond donors (Lipinski definition) is 6. The van der Waals surface area contributed by atoms with Crippen LogP contribution in [0.4, 0.5) is 9.59 Å². The van der Waals surface area contributed by atoms with Crippen molar-refractivity contribution >= 4 is 29.7 Å². The second-order valence-electron chi connectivity index (χ2n) is 14.9. The summed E-state index contributed by atoms with van der Waals surface area (Å²) < 4.78 is 23.7. The Kier molecular flexibility index (Phi) is 13.0. The minimum absolute atomic E-state index is 0.116. The van der Waals surface area contributed by atoms with Crippen molar-refractivity contribution in [2.75, 3.05) is 13.1 Å². The van der Waals surface area contributed by atoms with E-state index in [0.29, 0.717) is 56.4 Å². The van der Waals surface area contributed by atoms with E-state index < -0.39 is 35.8 Å². The number of Topliss-reactive ketones (excluding diaryl/α,β-unsaturated/α-hetero) is 2. The molecule has 15 heteroatoms. The van der Waals surface area contributed by atoms with Crippen molar-refractivity contribution in [3.05, 3.63) is 180 Å². The number of carbonyl (C=O) groups excluding carboxylic acids is 5. The number of amides is 2. The zero-order valence-corrected chi connectivity index (χ0v) is 34.2. The molecule has 1 spiro atoms. The average Bonchev–Trinajstić information content (AvgIpc) is 3.55. The summed E-state index contributed by atoms with van der Waals surface area (Å²) in [5.74, 6) is 0.485. The smallest absolute Gasteiger partial charge is 0.413 e. The van der Waals surface area contributed by atoms with E-state index in [2.05, 4.69) is 34.4 Å². The Hall–Kier alpha value is -8.07. The number of esters is 1. The van der Waals surface area contributed by atoms with Crippen molar-refractivity contribution in [2.24, 2.45) is 11.5 Å². The van der Waals surface area contributed by atoms with Crippen LogP contribution in [-0.2, 0) is 32.8 Å². The van der Waals surface area contributed by atoms with Gasteiger partial charge < -0.3 is 51.7 Å². The maximum absolute atomic E-state index is 13.9. The summed E-state index contributed by atoms with van der Waals surface area (Å²) in [4.78, 5) is 67.2. The molecule has 2 aliphatic rings. The second kappa shape index (κ2) is 19.1. The molecule has 0 aliphatic carbocycles. The van der Waals surface area contributed by atoms with Crippen LogP contribution in [0.3, 0.4) is 0 Å². The first kappa shape index (κ1) is 43.0. The van der Waals surface area contributed by atoms with Gasteiger partial charge in [0.05, 0.1) is 29.3 Å². The van der Waals surface area contributed by atoms with Crippen molar-refractivity contribution in [3.63, 3.8) is 0 Å². The molecule has 5 aromatic rings. The van der Waals surface area contributed by atoms with Gasteiger partial charge in [-0.3, -0.25) is 9.59 Å². The third kappa shape index (κ3) is 10.1. The van der Waals surface area contributed by atoms with Crippen LogP contribution in [0.25, 0.3) is 0 Å². The van der Waals surface area contributed by atoms with Gasteiger partial charge in [-0.2, -0.15) is 0 Å². The maximum atomic E-state index is 13.9. The van der Waals surface area contributed by atoms with Crippen LogP contribution in [0.2, 0.25) is 0 Å². The molecular formula is C48H46N6O9. The number of fused-ring (bicyclic) bond motifs is 6. The van der Waals surface area contributed by atoms with Crippen LogP contribution >= 0.6 is 0 Å². The molecule has 2 aliphatic heterocycles. The minimum Gasteiger partial charge on any atom is -0.456 e. The Morgan fingerprint density at radius 2 is 1.05 bits per heavy atom. The zero-order chi connectivity index (χ0) is 44.5. The van der Waals surface area contributed by atoms with Gasteiger partial charge in [-0.05, 0) is 66.4 Å². The monoisotopic (exact) mass is 850 g/mol. The predicted molar refractivity (Wildman–Crippen MR) is 233 cm³/mol. The quantitative estimate of drug-likeness (QED) is 0.0591. The van der Waals surface area contributed by atoms with Gasteiger partial charge in [0.15, 0.2) is 17.2 Å². The lowest BCUT2D eigenvalue weighted by atomic mass is 9.77. The maximum Gasteiger partial charge on any atom is 0.413 e. The van der Waals surface area contributed by atoms with E-state index in [0.717, 1.165) is 0 Å². The number of hydrogen-bond acceptors (Lipinski definition) is 13. The van der Waals surface area contributed by atoms with Crippen molar-refractivity contribution in [2.45, 2.75) is 43.4 Å². The van der Waals surface area contributed by atoms with Crippen LogP contribution in [0.15, 0.2) is 146 Å². The van der Waals surface area contributed by atoms with Gasteiger partial charge in [-0.25, -0.2) is 14.4 Å². The summed E-state index contributed by atoms with van der Waals surface area (Å²) in [6.45, 7) is 7.75. The molecule has 7 rings (SSSR count). The number of carbonyl (C=O) groups is 5. The normalized spacial score (nSPS) is 15.1. The Balaban J connectivity index is 1.16. The first-order valence-corrected chi connectivity index (χ1v) is 20.2. The number of nitrogens with two attached hydrogens (primary N) is 2. The van der Waals surface area contributed by atoms with Gasteiger partial charge >= 0.3 is 18.2 Å². The number of benzene rings is 5. The first-order valence-electron chi connectivity index (χ1n) is 20.2. The van der Waals surface area contributed by atoms with E-state index in [1.807, 2.05) is 12.1 Å². The van der Waals surface area contributed by atoms with E-state index in [4.69, 9.17) is 30.4 Å². The topological polar surface area (TPSA) is 222 Å². The van der Waals surface area contributed by atoms with E-state index in [1.165, 1.54) is 0 Å². The highest BCUT2D eigenvalue weighted by Gasteiger charge is 2.53. The Bertz CT molecular complexity index is 2420. The second-order valence-corrected chi connectivity index (χ2v) is 14.9. The van der Waals surface area contributed by atoms with Gasteiger partial charge in [0.1, 0.15) is 23.0 Å². The molecule has 2 atom stereocenters. The highest BCUT2D eigenvalue weighted by atomic mass is 16.6. The molecule has 15 nitrogen and oxygen atoms in total. The summed E-state index contributed by atoms with van der Waals surface area (Å²) in [7, 11) is 0. The SMILES string of the molecule is C=C(N)NCCC(NC(=O)Oc1ccccc1)C(=O)Cc1ccc2c(c1)Oc1cc(CC(=O)C(CCNC(=C)N)NC(=O)Oc3ccccc3)ccc1C21OC(=O)c2ccccc21. The molecule has 2 unspecified atom stereocenters. The van der Waals surface area contributed by atoms with Gasteiger partial charge in [-0.1, -0.05) is 92.0 Å². The third-order valence-electron chi connectivity index (χ3n) is 10.4. The zero-order valence-electron chi connectivity index (χ0n) is 34.2. The fraction of sp³-hybridized carbons (Fsp3) is 0.188. The molecule has 0 radical (unpaired) electrons. The van der Waals surface area contributed by atoms with Gasteiger partial charge in [-0.15, -0.1) is 0 Å². The fourth-order valence-electron chi connectivity index (χ4n) is 7.55. The standard InChI is InChI=1S/C48H46N6O9/c1-29(49)51-23-21-39(53-46(58)60-33-11-5-3-6-12-33)41(55)25-31-17-19-37-43(27-31)62-44-28-32(18-20-38(44)48(37)36-16-10-9-15-35(36)45(57)63-48)26-42(56)40(22-24-52-30(2)50)54-47(59)61-34-13-7-4-8-14-34/h3-20,27-28,39-40,51-52H,1-2,21-26,49-50H2,(H,53,58)(H,54,59). The number of ketones is 2. The molecule has 2 heterocycles. The summed E-state index contributed by atoms with van der Waals surface area (Å²) >= 11 is 0. The molecule has 0 saturated heterocycles. The van der Waals surface area contributed by atoms with Crippen LogP contribution in [0.5, 0.6) is 23.0 Å². The highest BCUT2D eigenvalue weighted by molar-refractivity contribution is 5.97. The number of ether oxygens (including phenoxy) is 4. The Morgan fingerprint density at radius 3 is 1.51 bits per heavy atom. The molecule has 0 bridgehead atoms. The molecule has 0 saturated carbocycles. The van der Waals surface area contributed by atoms with Gasteiger partial charge in [0, 0.05) is 42.6 Å². The molecule has 2 amide bonds. The first-order chi connectivity index (χ1) is 30.4. The van der Waals surface area contributed by atoms with Crippen molar-refractivity contribution in [1.29, 1.82) is 0 Å². The van der Waals surface area contributed by atoms with Crippen LogP contribution in [0, 0.1) is 0 Å². The van der Waals surface area contributed by atoms with Crippen LogP contribution < -0.4 is 46.9 Å². The van der Waals surface area contributed by atoms with Gasteiger partial charge in [0.2, 0.25) is 0 Å². The molecule has 322 valence electrons. The van der Waals surface area contributed by atoms with Gasteiger partial charge in [0.25, 0.3) is 0 Å². The summed E-state index contributed by atoms with van der Waals surface area (Å²) in [6.07, 6.45) is -1.49. The van der Waals surface area contributed by atoms with E-state index in [9.17, 15) is 24.0 Å². The van der Waals surface area contributed by atoms with E-state index in [1.54, 1.807) is 109 Å². The number of rotatable bonds is 18. The average molecular weight is 851 g/mol. The highest BCUT2D eigenvalue weighted by Crippen LogP contribution is 2.56. The summed E-state index contributed by atoms with van der Waals surface area (Å²) in [6, 6.07) is 32.5. The largest absolute Gasteiger partial charge is 0.456 e. The molecule has 63 heavy (non-hydrogen) atoms. The summed E-state index contributed by atoms with van der Waals surface area (Å²) in [5, 5.41) is 11.1. The van der Waals surface area contributed by atoms with E-state index in [-0.39, 0.29) is 62.0 Å². The van der Waals surface area contributed by atoms with Crippen molar-refractivity contribution < 1.29 is 42.9 Å². The minimum atomic E-state index is -1.43.